The van der Waals surface area contributed by atoms with Crippen LogP contribution in [0.15, 0.2) is 43.0 Å². The summed E-state index contributed by atoms with van der Waals surface area (Å²) >= 11 is 0. The van der Waals surface area contributed by atoms with E-state index in [4.69, 9.17) is 0 Å². The smallest absolute Gasteiger partial charge is 0.246 e. The Balaban J connectivity index is 1.61. The molecule has 1 N–H and O–H groups in total. The Kier molecular flexibility index (Phi) is 4.54. The number of hydrogen-bond acceptors (Lipinski definition) is 5. The van der Waals surface area contributed by atoms with Crippen molar-refractivity contribution in [2.24, 2.45) is 13.0 Å². The van der Waals surface area contributed by atoms with Gasteiger partial charge < -0.3 is 5.32 Å². The fourth-order valence-corrected chi connectivity index (χ4v) is 3.65. The Morgan fingerprint density at radius 1 is 1.25 bits per heavy atom. The molecular formula is C20H22N6O2. The first kappa shape index (κ1) is 18.1. The van der Waals surface area contributed by atoms with Gasteiger partial charge in [0.25, 0.3) is 0 Å². The van der Waals surface area contributed by atoms with Crippen LogP contribution in [0.2, 0.25) is 0 Å². The molecule has 0 aromatic carbocycles. The van der Waals surface area contributed by atoms with Crippen LogP contribution >= 0.6 is 0 Å². The minimum Gasteiger partial charge on any atom is -0.350 e. The van der Waals surface area contributed by atoms with Crippen LogP contribution in [0, 0.1) is 5.92 Å². The van der Waals surface area contributed by atoms with E-state index in [0.29, 0.717) is 28.9 Å². The molecule has 1 fully saturated rings. The summed E-state index contributed by atoms with van der Waals surface area (Å²) in [5.41, 5.74) is 3.05. The van der Waals surface area contributed by atoms with Gasteiger partial charge in [-0.3, -0.25) is 14.3 Å². The number of amides is 1. The molecule has 1 aliphatic carbocycles. The van der Waals surface area contributed by atoms with Crippen molar-refractivity contribution in [2.45, 2.75) is 32.2 Å². The van der Waals surface area contributed by atoms with Crippen LogP contribution in [0.25, 0.3) is 16.8 Å². The van der Waals surface area contributed by atoms with Gasteiger partial charge in [0, 0.05) is 36.3 Å². The van der Waals surface area contributed by atoms with Gasteiger partial charge in [0.05, 0.1) is 29.8 Å². The number of carbonyl (C=O) groups excluding carboxylic acids is 2. The van der Waals surface area contributed by atoms with E-state index in [1.165, 1.54) is 0 Å². The van der Waals surface area contributed by atoms with E-state index in [9.17, 15) is 9.59 Å². The first-order chi connectivity index (χ1) is 13.4. The molecule has 0 spiro atoms. The predicted octanol–water partition coefficient (Wildman–Crippen LogP) is 2.17. The van der Waals surface area contributed by atoms with Crippen LogP contribution in [0.1, 0.15) is 36.7 Å². The molecule has 8 heteroatoms. The van der Waals surface area contributed by atoms with Crippen LogP contribution in [-0.4, -0.2) is 42.1 Å². The van der Waals surface area contributed by atoms with Gasteiger partial charge in [0.15, 0.2) is 5.78 Å². The summed E-state index contributed by atoms with van der Waals surface area (Å²) in [4.78, 5) is 29.8. The SMILES string of the molecule is C=C(C)C(=O)NC1CCC(C(=O)c2nc(-c3cnn(C)c3)cn3nccc23)C1. The van der Waals surface area contributed by atoms with Gasteiger partial charge in [-0.25, -0.2) is 9.50 Å². The normalized spacial score (nSPS) is 19.1. The molecular weight excluding hydrogens is 356 g/mol. The molecule has 1 aliphatic rings. The Bertz CT molecular complexity index is 1080. The molecule has 0 aliphatic heterocycles. The minimum absolute atomic E-state index is 0.0108. The third-order valence-electron chi connectivity index (χ3n) is 5.15. The Morgan fingerprint density at radius 3 is 2.79 bits per heavy atom. The molecule has 4 rings (SSSR count). The zero-order valence-corrected chi connectivity index (χ0v) is 15.9. The lowest BCUT2D eigenvalue weighted by Crippen LogP contribution is -2.33. The van der Waals surface area contributed by atoms with Gasteiger partial charge in [-0.05, 0) is 32.3 Å². The highest BCUT2D eigenvalue weighted by Crippen LogP contribution is 2.30. The van der Waals surface area contributed by atoms with Gasteiger partial charge in [-0.15, -0.1) is 0 Å². The molecule has 144 valence electrons. The molecule has 2 unspecified atom stereocenters. The lowest BCUT2D eigenvalue weighted by molar-refractivity contribution is -0.118. The number of hydrogen-bond donors (Lipinski definition) is 1. The summed E-state index contributed by atoms with van der Waals surface area (Å²) in [6.45, 7) is 5.34. The maximum atomic E-state index is 13.3. The second-order valence-electron chi connectivity index (χ2n) is 7.36. The fraction of sp³-hybridized carbons (Fsp3) is 0.350. The molecule has 1 amide bonds. The highest BCUT2D eigenvalue weighted by atomic mass is 16.1. The first-order valence-corrected chi connectivity index (χ1v) is 9.26. The second kappa shape index (κ2) is 7.03. The van der Waals surface area contributed by atoms with Crippen LogP contribution in [0.3, 0.4) is 0 Å². The number of aryl methyl sites for hydroxylation is 1. The summed E-state index contributed by atoms with van der Waals surface area (Å²) in [5.74, 6) is -0.345. The van der Waals surface area contributed by atoms with Crippen molar-refractivity contribution in [1.29, 1.82) is 0 Å². The summed E-state index contributed by atoms with van der Waals surface area (Å²) in [7, 11) is 1.83. The number of rotatable bonds is 5. The van der Waals surface area contributed by atoms with Crippen molar-refractivity contribution in [3.63, 3.8) is 0 Å². The zero-order chi connectivity index (χ0) is 19.8. The van der Waals surface area contributed by atoms with Crippen molar-refractivity contribution < 1.29 is 9.59 Å². The number of ketones is 1. The predicted molar refractivity (Wildman–Crippen MR) is 104 cm³/mol. The average Bonchev–Trinajstić information content (AvgIpc) is 3.40. The summed E-state index contributed by atoms with van der Waals surface area (Å²) in [5, 5.41) is 11.4. The minimum atomic E-state index is -0.175. The third kappa shape index (κ3) is 3.33. The average molecular weight is 378 g/mol. The number of nitrogens with zero attached hydrogens (tertiary/aromatic N) is 5. The number of nitrogens with one attached hydrogen (secondary N) is 1. The molecule has 8 nitrogen and oxygen atoms in total. The summed E-state index contributed by atoms with van der Waals surface area (Å²) in [6.07, 6.45) is 9.12. The van der Waals surface area contributed by atoms with Gasteiger partial charge in [0.1, 0.15) is 5.69 Å². The molecule has 3 aromatic heterocycles. The number of fused-ring (bicyclic) bond motifs is 1. The van der Waals surface area contributed by atoms with E-state index < -0.39 is 0 Å². The quantitative estimate of drug-likeness (QED) is 0.542. The molecule has 0 saturated heterocycles. The zero-order valence-electron chi connectivity index (χ0n) is 15.9. The van der Waals surface area contributed by atoms with Crippen LogP contribution < -0.4 is 5.32 Å². The lowest BCUT2D eigenvalue weighted by Gasteiger charge is -2.13. The maximum absolute atomic E-state index is 13.3. The van der Waals surface area contributed by atoms with Crippen molar-refractivity contribution in [1.82, 2.24) is 29.7 Å². The first-order valence-electron chi connectivity index (χ1n) is 9.26. The molecule has 3 aromatic rings. The van der Waals surface area contributed by atoms with Crippen molar-refractivity contribution in [2.75, 3.05) is 0 Å². The van der Waals surface area contributed by atoms with E-state index in [1.54, 1.807) is 40.8 Å². The van der Waals surface area contributed by atoms with Crippen molar-refractivity contribution in [3.8, 4) is 11.3 Å². The topological polar surface area (TPSA) is 94.2 Å². The van der Waals surface area contributed by atoms with E-state index in [2.05, 4.69) is 27.1 Å². The Morgan fingerprint density at radius 2 is 2.07 bits per heavy atom. The molecule has 3 heterocycles. The van der Waals surface area contributed by atoms with E-state index >= 15 is 0 Å². The van der Waals surface area contributed by atoms with E-state index in [-0.39, 0.29) is 23.7 Å². The van der Waals surface area contributed by atoms with Gasteiger partial charge >= 0.3 is 0 Å². The number of carbonyl (C=O) groups is 2. The van der Waals surface area contributed by atoms with Crippen molar-refractivity contribution >= 4 is 17.2 Å². The Labute approximate surface area is 162 Å². The molecule has 0 radical (unpaired) electrons. The summed E-state index contributed by atoms with van der Waals surface area (Å²) in [6, 6.07) is 1.78. The number of Topliss-reactive ketones (excluding diaryl/α,β-unsaturated/α-hetero) is 1. The third-order valence-corrected chi connectivity index (χ3v) is 5.15. The van der Waals surface area contributed by atoms with Crippen LogP contribution in [-0.2, 0) is 11.8 Å². The van der Waals surface area contributed by atoms with Gasteiger partial charge in [-0.2, -0.15) is 10.2 Å². The second-order valence-corrected chi connectivity index (χ2v) is 7.36. The standard InChI is InChI=1S/C20H22N6O2/c1-12(2)20(28)23-15-5-4-13(8-15)19(27)18-17-6-7-21-26(17)11-16(24-18)14-9-22-25(3)10-14/h6-7,9-11,13,15H,1,4-5,8H2,2-3H3,(H,23,28). The highest BCUT2D eigenvalue weighted by molar-refractivity contribution is 6.02. The van der Waals surface area contributed by atoms with Gasteiger partial charge in [-0.1, -0.05) is 6.58 Å². The Hall–Kier alpha value is -3.29. The van der Waals surface area contributed by atoms with Gasteiger partial charge in [0.2, 0.25) is 5.91 Å². The highest BCUT2D eigenvalue weighted by Gasteiger charge is 2.33. The number of aromatic nitrogens is 5. The molecule has 28 heavy (non-hydrogen) atoms. The van der Waals surface area contributed by atoms with Crippen molar-refractivity contribution in [3.05, 3.63) is 48.7 Å². The van der Waals surface area contributed by atoms with E-state index in [0.717, 1.165) is 18.4 Å². The molecule has 0 bridgehead atoms. The monoisotopic (exact) mass is 378 g/mol. The molecule has 1 saturated carbocycles. The summed E-state index contributed by atoms with van der Waals surface area (Å²) < 4.78 is 3.37. The van der Waals surface area contributed by atoms with E-state index in [1.807, 2.05) is 13.2 Å². The molecule has 2 atom stereocenters. The largest absolute Gasteiger partial charge is 0.350 e. The lowest BCUT2D eigenvalue weighted by atomic mass is 9.98. The fourth-order valence-electron chi connectivity index (χ4n) is 3.65. The van der Waals surface area contributed by atoms with Crippen LogP contribution in [0.5, 0.6) is 0 Å². The van der Waals surface area contributed by atoms with Crippen LogP contribution in [0.4, 0.5) is 0 Å². The maximum Gasteiger partial charge on any atom is 0.246 e.